The maximum atomic E-state index is 12.3. The fourth-order valence-electron chi connectivity index (χ4n) is 1.91. The first-order valence-electron chi connectivity index (χ1n) is 6.69. The van der Waals surface area contributed by atoms with Crippen LogP contribution in [0.1, 0.15) is 31.1 Å². The van der Waals surface area contributed by atoms with Crippen LogP contribution in [0, 0.1) is 0 Å². The van der Waals surface area contributed by atoms with E-state index < -0.39 is 17.8 Å². The van der Waals surface area contributed by atoms with Gasteiger partial charge >= 0.3 is 11.9 Å². The second-order valence-electron chi connectivity index (χ2n) is 4.59. The van der Waals surface area contributed by atoms with Crippen molar-refractivity contribution in [3.05, 3.63) is 57.8 Å². The Kier molecular flexibility index (Phi) is 5.64. The maximum Gasteiger partial charge on any atom is 0.339 e. The van der Waals surface area contributed by atoms with Gasteiger partial charge in [-0.25, -0.2) is 9.59 Å². The average Bonchev–Trinajstić information content (AvgIpc) is 2.60. The summed E-state index contributed by atoms with van der Waals surface area (Å²) in [5, 5.41) is 2.58. The molecule has 0 atom stereocenters. The van der Waals surface area contributed by atoms with Crippen molar-refractivity contribution in [1.82, 2.24) is 4.98 Å². The van der Waals surface area contributed by atoms with E-state index in [1.165, 1.54) is 44.8 Å². The fourth-order valence-corrected chi connectivity index (χ4v) is 2.28. The lowest BCUT2D eigenvalue weighted by Gasteiger charge is -2.11. The molecule has 1 heterocycles. The van der Waals surface area contributed by atoms with E-state index in [-0.39, 0.29) is 22.4 Å². The molecular weight excluding hydrogens is 380 g/mol. The van der Waals surface area contributed by atoms with Crippen LogP contribution in [0.25, 0.3) is 0 Å². The molecule has 2 rings (SSSR count). The number of carbonyl (C=O) groups excluding carboxylic acids is 3. The fraction of sp³-hybridized carbons (Fsp3) is 0.125. The summed E-state index contributed by atoms with van der Waals surface area (Å²) in [7, 11) is 2.46. The minimum atomic E-state index is -0.644. The predicted molar refractivity (Wildman–Crippen MR) is 89.0 cm³/mol. The largest absolute Gasteiger partial charge is 0.465 e. The lowest BCUT2D eigenvalue weighted by molar-refractivity contribution is 0.0587. The van der Waals surface area contributed by atoms with Crippen LogP contribution in [0.3, 0.4) is 0 Å². The third kappa shape index (κ3) is 3.96. The number of amides is 1. The number of nitrogens with zero attached hydrogens (tertiary/aromatic N) is 1. The number of esters is 2. The monoisotopic (exact) mass is 392 g/mol. The number of hydrogen-bond acceptors (Lipinski definition) is 6. The summed E-state index contributed by atoms with van der Waals surface area (Å²) in [4.78, 5) is 39.7. The van der Waals surface area contributed by atoms with Gasteiger partial charge in [-0.05, 0) is 40.2 Å². The number of halogens is 1. The molecule has 0 aliphatic rings. The Hall–Kier alpha value is -2.74. The quantitative estimate of drug-likeness (QED) is 0.803. The Labute approximate surface area is 146 Å². The Morgan fingerprint density at radius 2 is 1.71 bits per heavy atom. The van der Waals surface area contributed by atoms with Crippen molar-refractivity contribution in [1.29, 1.82) is 0 Å². The average molecular weight is 393 g/mol. The van der Waals surface area contributed by atoms with Crippen molar-refractivity contribution in [3.63, 3.8) is 0 Å². The molecule has 0 unspecified atom stereocenters. The molecule has 0 radical (unpaired) electrons. The maximum absolute atomic E-state index is 12.3. The molecule has 2 aromatic rings. The summed E-state index contributed by atoms with van der Waals surface area (Å²) in [5.74, 6) is -1.73. The summed E-state index contributed by atoms with van der Waals surface area (Å²) in [5.41, 5.74) is 0.715. The van der Waals surface area contributed by atoms with E-state index in [2.05, 4.69) is 35.7 Å². The van der Waals surface area contributed by atoms with Crippen LogP contribution >= 0.6 is 15.9 Å². The van der Waals surface area contributed by atoms with Crippen molar-refractivity contribution in [2.45, 2.75) is 0 Å². The standard InChI is InChI=1S/C16H13BrN2O5/c1-23-15(21)9-3-4-12(16(22)24-2)13(6-9)19-14(20)10-5-11(17)8-18-7-10/h3-8H,1-2H3,(H,19,20). The van der Waals surface area contributed by atoms with Crippen LogP contribution in [0.4, 0.5) is 5.69 Å². The van der Waals surface area contributed by atoms with Gasteiger partial charge < -0.3 is 14.8 Å². The van der Waals surface area contributed by atoms with E-state index >= 15 is 0 Å². The van der Waals surface area contributed by atoms with Gasteiger partial charge in [-0.2, -0.15) is 0 Å². The summed E-state index contributed by atoms with van der Waals surface area (Å²) in [6.07, 6.45) is 2.91. The molecule has 8 heteroatoms. The van der Waals surface area contributed by atoms with Crippen LogP contribution in [-0.2, 0) is 9.47 Å². The van der Waals surface area contributed by atoms with Gasteiger partial charge in [0.2, 0.25) is 0 Å². The van der Waals surface area contributed by atoms with Gasteiger partial charge in [0.25, 0.3) is 5.91 Å². The highest BCUT2D eigenvalue weighted by molar-refractivity contribution is 9.10. The van der Waals surface area contributed by atoms with E-state index in [4.69, 9.17) is 0 Å². The number of ether oxygens (including phenoxy) is 2. The van der Waals surface area contributed by atoms with E-state index in [0.29, 0.717) is 4.47 Å². The summed E-state index contributed by atoms with van der Waals surface area (Å²) >= 11 is 3.23. The lowest BCUT2D eigenvalue weighted by atomic mass is 10.1. The number of hydrogen-bond donors (Lipinski definition) is 1. The van der Waals surface area contributed by atoms with Crippen molar-refractivity contribution < 1.29 is 23.9 Å². The molecule has 0 saturated heterocycles. The predicted octanol–water partition coefficient (Wildman–Crippen LogP) is 2.67. The zero-order chi connectivity index (χ0) is 17.7. The zero-order valence-electron chi connectivity index (χ0n) is 12.8. The Morgan fingerprint density at radius 1 is 1.00 bits per heavy atom. The minimum Gasteiger partial charge on any atom is -0.465 e. The van der Waals surface area contributed by atoms with Gasteiger partial charge in [0.1, 0.15) is 0 Å². The van der Waals surface area contributed by atoms with Crippen LogP contribution in [0.15, 0.2) is 41.1 Å². The summed E-state index contributed by atoms with van der Waals surface area (Å²) in [6.45, 7) is 0. The minimum absolute atomic E-state index is 0.112. The number of rotatable bonds is 4. The molecule has 0 bridgehead atoms. The van der Waals surface area contributed by atoms with Crippen molar-refractivity contribution in [2.24, 2.45) is 0 Å². The summed E-state index contributed by atoms with van der Waals surface area (Å²) in [6, 6.07) is 5.72. The first kappa shape index (κ1) is 17.6. The third-order valence-electron chi connectivity index (χ3n) is 3.06. The normalized spacial score (nSPS) is 9.96. The third-order valence-corrected chi connectivity index (χ3v) is 3.49. The topological polar surface area (TPSA) is 94.6 Å². The molecule has 0 aliphatic heterocycles. The lowest BCUT2D eigenvalue weighted by Crippen LogP contribution is -2.16. The Balaban J connectivity index is 2.40. The molecule has 124 valence electrons. The SMILES string of the molecule is COC(=O)c1ccc(C(=O)OC)c(NC(=O)c2cncc(Br)c2)c1. The number of methoxy groups -OCH3 is 2. The molecule has 0 spiro atoms. The first-order chi connectivity index (χ1) is 11.5. The molecule has 0 fully saturated rings. The van der Waals surface area contributed by atoms with Crippen LogP contribution < -0.4 is 5.32 Å². The highest BCUT2D eigenvalue weighted by Gasteiger charge is 2.18. The number of aromatic nitrogens is 1. The highest BCUT2D eigenvalue weighted by Crippen LogP contribution is 2.21. The molecule has 1 aromatic carbocycles. The summed E-state index contributed by atoms with van der Waals surface area (Å²) < 4.78 is 9.95. The van der Waals surface area contributed by atoms with Gasteiger partial charge in [-0.1, -0.05) is 0 Å². The number of pyridine rings is 1. The second kappa shape index (κ2) is 7.69. The van der Waals surface area contributed by atoms with Crippen molar-refractivity contribution in [3.8, 4) is 0 Å². The smallest absolute Gasteiger partial charge is 0.339 e. The number of benzene rings is 1. The second-order valence-corrected chi connectivity index (χ2v) is 5.51. The molecule has 0 saturated carbocycles. The molecule has 1 aromatic heterocycles. The van der Waals surface area contributed by atoms with E-state index in [1.807, 2.05) is 0 Å². The Morgan fingerprint density at radius 3 is 2.33 bits per heavy atom. The first-order valence-corrected chi connectivity index (χ1v) is 7.48. The van der Waals surface area contributed by atoms with E-state index in [9.17, 15) is 14.4 Å². The van der Waals surface area contributed by atoms with E-state index in [1.54, 1.807) is 6.07 Å². The molecule has 24 heavy (non-hydrogen) atoms. The van der Waals surface area contributed by atoms with Crippen molar-refractivity contribution >= 4 is 39.5 Å². The van der Waals surface area contributed by atoms with E-state index in [0.717, 1.165) is 0 Å². The Bertz CT molecular complexity index is 807. The molecule has 7 nitrogen and oxygen atoms in total. The van der Waals surface area contributed by atoms with Gasteiger partial charge in [-0.15, -0.1) is 0 Å². The number of carbonyl (C=O) groups is 3. The van der Waals surface area contributed by atoms with Gasteiger partial charge in [0, 0.05) is 16.9 Å². The zero-order valence-corrected chi connectivity index (χ0v) is 14.4. The van der Waals surface area contributed by atoms with Gasteiger partial charge in [-0.3, -0.25) is 9.78 Å². The molecule has 0 aliphatic carbocycles. The van der Waals surface area contributed by atoms with Crippen LogP contribution in [0.2, 0.25) is 0 Å². The van der Waals surface area contributed by atoms with Crippen LogP contribution in [-0.4, -0.2) is 37.0 Å². The number of anilines is 1. The van der Waals surface area contributed by atoms with Gasteiger partial charge in [0.05, 0.1) is 36.6 Å². The molecule has 1 N–H and O–H groups in total. The number of nitrogens with one attached hydrogen (secondary N) is 1. The van der Waals surface area contributed by atoms with Crippen LogP contribution in [0.5, 0.6) is 0 Å². The van der Waals surface area contributed by atoms with Crippen molar-refractivity contribution in [2.75, 3.05) is 19.5 Å². The molecular formula is C16H13BrN2O5. The highest BCUT2D eigenvalue weighted by atomic mass is 79.9. The van der Waals surface area contributed by atoms with Gasteiger partial charge in [0.15, 0.2) is 0 Å². The molecule has 1 amide bonds.